The molecule has 1 atom stereocenters. The van der Waals surface area contributed by atoms with Crippen molar-refractivity contribution >= 4 is 5.91 Å². The molecule has 1 rings (SSSR count). The monoisotopic (exact) mass is 211 g/mol. The number of carbonyl (C=O) groups is 1. The van der Waals surface area contributed by atoms with Crippen LogP contribution in [0.15, 0.2) is 12.4 Å². The number of H-pyrrole nitrogens is 1. The molecule has 0 aromatic carbocycles. The van der Waals surface area contributed by atoms with E-state index in [0.29, 0.717) is 19.4 Å². The molecule has 1 unspecified atom stereocenters. The van der Waals surface area contributed by atoms with Crippen LogP contribution in [0.1, 0.15) is 25.6 Å². The van der Waals surface area contributed by atoms with E-state index < -0.39 is 6.10 Å². The van der Waals surface area contributed by atoms with Crippen LogP contribution in [0, 0.1) is 0 Å². The van der Waals surface area contributed by atoms with Crippen LogP contribution >= 0.6 is 0 Å². The lowest BCUT2D eigenvalue weighted by molar-refractivity contribution is -0.131. The average molecular weight is 211 g/mol. The zero-order valence-corrected chi connectivity index (χ0v) is 9.10. The molecule has 1 aromatic heterocycles. The summed E-state index contributed by atoms with van der Waals surface area (Å²) in [5.41, 5.74) is 0. The number of carbonyl (C=O) groups excluding carboxylic acids is 1. The molecule has 1 amide bonds. The molecule has 5 heteroatoms. The minimum atomic E-state index is -0.425. The number of nitrogens with zero attached hydrogens (tertiary/aromatic N) is 2. The van der Waals surface area contributed by atoms with Gasteiger partial charge in [-0.3, -0.25) is 4.79 Å². The maximum Gasteiger partial charge on any atom is 0.222 e. The molecule has 2 N–H and O–H groups in total. The van der Waals surface area contributed by atoms with Gasteiger partial charge in [0.2, 0.25) is 5.91 Å². The number of hydrogen-bond donors (Lipinski definition) is 2. The third-order valence-electron chi connectivity index (χ3n) is 2.14. The molecule has 0 bridgehead atoms. The highest BCUT2D eigenvalue weighted by Crippen LogP contribution is 2.02. The predicted molar refractivity (Wildman–Crippen MR) is 56.0 cm³/mol. The van der Waals surface area contributed by atoms with Gasteiger partial charge in [-0.1, -0.05) is 0 Å². The summed E-state index contributed by atoms with van der Waals surface area (Å²) in [4.78, 5) is 20.1. The highest BCUT2D eigenvalue weighted by Gasteiger charge is 2.10. The van der Waals surface area contributed by atoms with E-state index in [1.807, 2.05) is 0 Å². The van der Waals surface area contributed by atoms with Gasteiger partial charge in [-0.2, -0.15) is 0 Å². The largest absolute Gasteiger partial charge is 0.393 e. The van der Waals surface area contributed by atoms with Gasteiger partial charge in [-0.25, -0.2) is 4.98 Å². The van der Waals surface area contributed by atoms with Crippen molar-refractivity contribution in [1.82, 2.24) is 14.9 Å². The Balaban J connectivity index is 2.33. The molecule has 0 aliphatic carbocycles. The van der Waals surface area contributed by atoms with Gasteiger partial charge in [0.1, 0.15) is 5.82 Å². The Hall–Kier alpha value is -1.36. The smallest absolute Gasteiger partial charge is 0.222 e. The van der Waals surface area contributed by atoms with Crippen LogP contribution in [0.2, 0.25) is 0 Å². The first-order chi connectivity index (χ1) is 7.09. The third-order valence-corrected chi connectivity index (χ3v) is 2.14. The summed E-state index contributed by atoms with van der Waals surface area (Å²) < 4.78 is 0. The molecule has 0 aliphatic heterocycles. The average Bonchev–Trinajstić information content (AvgIpc) is 2.66. The molecule has 5 nitrogen and oxygen atoms in total. The van der Waals surface area contributed by atoms with Gasteiger partial charge < -0.3 is 15.0 Å². The SMILES string of the molecule is CC(O)CCC(=O)N(C)Cc1ncc[nH]1. The van der Waals surface area contributed by atoms with Crippen molar-refractivity contribution in [2.45, 2.75) is 32.4 Å². The van der Waals surface area contributed by atoms with Crippen molar-refractivity contribution in [1.29, 1.82) is 0 Å². The Labute approximate surface area is 89.1 Å². The fraction of sp³-hybridized carbons (Fsp3) is 0.600. The van der Waals surface area contributed by atoms with E-state index in [2.05, 4.69) is 9.97 Å². The first-order valence-electron chi connectivity index (χ1n) is 5.00. The third kappa shape index (κ3) is 4.12. The van der Waals surface area contributed by atoms with Gasteiger partial charge in [0, 0.05) is 25.9 Å². The first-order valence-corrected chi connectivity index (χ1v) is 5.00. The van der Waals surface area contributed by atoms with Crippen LogP contribution < -0.4 is 0 Å². The van der Waals surface area contributed by atoms with Gasteiger partial charge in [0.25, 0.3) is 0 Å². The zero-order chi connectivity index (χ0) is 11.3. The number of aliphatic hydroxyl groups is 1. The molecule has 1 aromatic rings. The highest BCUT2D eigenvalue weighted by atomic mass is 16.3. The van der Waals surface area contributed by atoms with E-state index in [0.717, 1.165) is 5.82 Å². The van der Waals surface area contributed by atoms with E-state index in [4.69, 9.17) is 5.11 Å². The lowest BCUT2D eigenvalue weighted by Crippen LogP contribution is -2.27. The molecule has 0 saturated heterocycles. The summed E-state index contributed by atoms with van der Waals surface area (Å²) in [6.45, 7) is 2.16. The molecular weight excluding hydrogens is 194 g/mol. The van der Waals surface area contributed by atoms with E-state index in [1.54, 1.807) is 31.3 Å². The standard InChI is InChI=1S/C10H17N3O2/c1-8(14)3-4-10(15)13(2)7-9-11-5-6-12-9/h5-6,8,14H,3-4,7H2,1-2H3,(H,11,12). The fourth-order valence-electron chi connectivity index (χ4n) is 1.22. The van der Waals surface area contributed by atoms with Crippen LogP contribution in [-0.4, -0.2) is 39.0 Å². The van der Waals surface area contributed by atoms with Gasteiger partial charge in [-0.15, -0.1) is 0 Å². The van der Waals surface area contributed by atoms with Crippen LogP contribution in [0.25, 0.3) is 0 Å². The predicted octanol–water partition coefficient (Wildman–Crippen LogP) is 0.529. The van der Waals surface area contributed by atoms with E-state index in [-0.39, 0.29) is 5.91 Å². The zero-order valence-electron chi connectivity index (χ0n) is 9.10. The number of amides is 1. The van der Waals surface area contributed by atoms with Crippen LogP contribution in [-0.2, 0) is 11.3 Å². The quantitative estimate of drug-likeness (QED) is 0.746. The summed E-state index contributed by atoms with van der Waals surface area (Å²) >= 11 is 0. The Kier molecular flexibility index (Phi) is 4.30. The second-order valence-electron chi connectivity index (χ2n) is 3.67. The van der Waals surface area contributed by atoms with Gasteiger partial charge in [0.15, 0.2) is 0 Å². The molecule has 0 fully saturated rings. The van der Waals surface area contributed by atoms with Crippen LogP contribution in [0.5, 0.6) is 0 Å². The second-order valence-corrected chi connectivity index (χ2v) is 3.67. The van der Waals surface area contributed by atoms with E-state index >= 15 is 0 Å². The Morgan fingerprint density at radius 2 is 2.47 bits per heavy atom. The first kappa shape index (κ1) is 11.7. The Bertz CT molecular complexity index is 296. The molecule has 0 saturated carbocycles. The van der Waals surface area contributed by atoms with Crippen molar-refractivity contribution in [2.75, 3.05) is 7.05 Å². The maximum absolute atomic E-state index is 11.5. The van der Waals surface area contributed by atoms with Crippen molar-refractivity contribution in [3.63, 3.8) is 0 Å². The van der Waals surface area contributed by atoms with Crippen molar-refractivity contribution in [3.8, 4) is 0 Å². The number of imidazole rings is 1. The Morgan fingerprint density at radius 1 is 1.73 bits per heavy atom. The number of hydrogen-bond acceptors (Lipinski definition) is 3. The van der Waals surface area contributed by atoms with Gasteiger partial charge >= 0.3 is 0 Å². The number of rotatable bonds is 5. The molecule has 0 aliphatic rings. The lowest BCUT2D eigenvalue weighted by Gasteiger charge is -2.16. The van der Waals surface area contributed by atoms with Gasteiger partial charge in [0.05, 0.1) is 12.6 Å². The molecule has 0 spiro atoms. The minimum Gasteiger partial charge on any atom is -0.393 e. The molecule has 84 valence electrons. The van der Waals surface area contributed by atoms with Gasteiger partial charge in [-0.05, 0) is 13.3 Å². The maximum atomic E-state index is 11.5. The lowest BCUT2D eigenvalue weighted by atomic mass is 10.2. The normalized spacial score (nSPS) is 12.5. The van der Waals surface area contributed by atoms with E-state index in [9.17, 15) is 4.79 Å². The van der Waals surface area contributed by atoms with Crippen LogP contribution in [0.3, 0.4) is 0 Å². The molecular formula is C10H17N3O2. The Morgan fingerprint density at radius 3 is 3.00 bits per heavy atom. The van der Waals surface area contributed by atoms with Crippen molar-refractivity contribution in [3.05, 3.63) is 18.2 Å². The highest BCUT2D eigenvalue weighted by molar-refractivity contribution is 5.75. The summed E-state index contributed by atoms with van der Waals surface area (Å²) in [5.74, 6) is 0.787. The second kappa shape index (κ2) is 5.50. The minimum absolute atomic E-state index is 0.0206. The summed E-state index contributed by atoms with van der Waals surface area (Å²) in [6.07, 6.45) is 3.83. The summed E-state index contributed by atoms with van der Waals surface area (Å²) in [7, 11) is 1.73. The number of aromatic nitrogens is 2. The number of aliphatic hydroxyl groups excluding tert-OH is 1. The topological polar surface area (TPSA) is 69.2 Å². The number of aromatic amines is 1. The van der Waals surface area contributed by atoms with Crippen molar-refractivity contribution < 1.29 is 9.90 Å². The molecule has 1 heterocycles. The summed E-state index contributed by atoms with van der Waals surface area (Å²) in [5, 5.41) is 9.05. The molecule has 0 radical (unpaired) electrons. The van der Waals surface area contributed by atoms with E-state index in [1.165, 1.54) is 0 Å². The molecule has 15 heavy (non-hydrogen) atoms. The summed E-state index contributed by atoms with van der Waals surface area (Å²) in [6, 6.07) is 0. The van der Waals surface area contributed by atoms with Crippen LogP contribution in [0.4, 0.5) is 0 Å². The number of nitrogens with one attached hydrogen (secondary N) is 1. The van der Waals surface area contributed by atoms with Crippen molar-refractivity contribution in [2.24, 2.45) is 0 Å². The fourth-order valence-corrected chi connectivity index (χ4v) is 1.22.